The van der Waals surface area contributed by atoms with Crippen molar-refractivity contribution < 1.29 is 19.7 Å². The maximum Gasteiger partial charge on any atom is 0.339 e. The van der Waals surface area contributed by atoms with Crippen molar-refractivity contribution in [3.63, 3.8) is 0 Å². The highest BCUT2D eigenvalue weighted by molar-refractivity contribution is 5.92. The third-order valence-corrected chi connectivity index (χ3v) is 3.43. The summed E-state index contributed by atoms with van der Waals surface area (Å²) in [6, 6.07) is 3.53. The second kappa shape index (κ2) is 7.70. The molecule has 1 aliphatic heterocycles. The number of aliphatic hydroxyl groups excluding tert-OH is 1. The summed E-state index contributed by atoms with van der Waals surface area (Å²) in [4.78, 5) is 11.4. The van der Waals surface area contributed by atoms with E-state index in [9.17, 15) is 9.90 Å². The van der Waals surface area contributed by atoms with E-state index in [1.807, 2.05) is 6.07 Å². The van der Waals surface area contributed by atoms with Gasteiger partial charge in [-0.1, -0.05) is 11.8 Å². The number of hydrogen-bond donors (Lipinski definition) is 2. The standard InChI is InChI=1S/C17H20O4/c18-9-5-2-1-3-7-13-11-14-8-4-6-10-21-16(14)15(12-13)17(19)20/h11-12,18H,1-2,4-6,8-10H2,(H,19,20). The van der Waals surface area contributed by atoms with Gasteiger partial charge in [0.25, 0.3) is 0 Å². The number of aryl methyl sites for hydroxylation is 1. The minimum absolute atomic E-state index is 0.182. The average molecular weight is 288 g/mol. The van der Waals surface area contributed by atoms with Gasteiger partial charge in [0.15, 0.2) is 0 Å². The molecule has 0 bridgehead atoms. The number of fused-ring (bicyclic) bond motifs is 1. The molecular formula is C17H20O4. The molecule has 112 valence electrons. The molecule has 4 heteroatoms. The maximum absolute atomic E-state index is 11.4. The van der Waals surface area contributed by atoms with E-state index in [1.54, 1.807) is 6.07 Å². The molecule has 0 fully saturated rings. The molecule has 1 aromatic carbocycles. The summed E-state index contributed by atoms with van der Waals surface area (Å²) in [5.74, 6) is 5.58. The van der Waals surface area contributed by atoms with Crippen molar-refractivity contribution in [3.05, 3.63) is 28.8 Å². The Labute approximate surface area is 124 Å². The molecule has 0 amide bonds. The minimum Gasteiger partial charge on any atom is -0.492 e. The smallest absolute Gasteiger partial charge is 0.339 e. The van der Waals surface area contributed by atoms with Gasteiger partial charge in [-0.3, -0.25) is 0 Å². The molecule has 0 aliphatic carbocycles. The van der Waals surface area contributed by atoms with Gasteiger partial charge in [0.1, 0.15) is 11.3 Å². The summed E-state index contributed by atoms with van der Waals surface area (Å²) in [6.07, 6.45) is 5.07. The second-order valence-corrected chi connectivity index (χ2v) is 5.11. The maximum atomic E-state index is 11.4. The Morgan fingerprint density at radius 2 is 2.14 bits per heavy atom. The Hall–Kier alpha value is -1.99. The molecule has 1 heterocycles. The normalized spacial score (nSPS) is 13.4. The van der Waals surface area contributed by atoms with Crippen LogP contribution < -0.4 is 4.74 Å². The number of aromatic carboxylic acids is 1. The first kappa shape index (κ1) is 15.4. The van der Waals surface area contributed by atoms with Gasteiger partial charge in [0.05, 0.1) is 6.61 Å². The Balaban J connectivity index is 2.25. The molecule has 0 saturated heterocycles. The van der Waals surface area contributed by atoms with Crippen LogP contribution in [0.15, 0.2) is 12.1 Å². The SMILES string of the molecule is O=C(O)c1cc(C#CCCCCO)cc2c1OCCCC2. The monoisotopic (exact) mass is 288 g/mol. The molecule has 21 heavy (non-hydrogen) atoms. The van der Waals surface area contributed by atoms with Crippen molar-refractivity contribution in [1.29, 1.82) is 0 Å². The quantitative estimate of drug-likeness (QED) is 0.660. The topological polar surface area (TPSA) is 66.8 Å². The fourth-order valence-corrected chi connectivity index (χ4v) is 2.36. The first-order valence-corrected chi connectivity index (χ1v) is 7.35. The lowest BCUT2D eigenvalue weighted by molar-refractivity contribution is 0.0692. The summed E-state index contributed by atoms with van der Waals surface area (Å²) in [5, 5.41) is 18.1. The molecular weight excluding hydrogens is 268 g/mol. The molecule has 0 spiro atoms. The van der Waals surface area contributed by atoms with Gasteiger partial charge in [-0.05, 0) is 49.8 Å². The van der Waals surface area contributed by atoms with Crippen molar-refractivity contribution >= 4 is 5.97 Å². The fourth-order valence-electron chi connectivity index (χ4n) is 2.36. The Morgan fingerprint density at radius 3 is 2.90 bits per heavy atom. The van der Waals surface area contributed by atoms with Gasteiger partial charge in [0.2, 0.25) is 0 Å². The van der Waals surface area contributed by atoms with E-state index in [1.165, 1.54) is 0 Å². The van der Waals surface area contributed by atoms with Gasteiger partial charge < -0.3 is 14.9 Å². The zero-order chi connectivity index (χ0) is 15.1. The Morgan fingerprint density at radius 1 is 1.29 bits per heavy atom. The van der Waals surface area contributed by atoms with Crippen LogP contribution in [0.1, 0.15) is 53.6 Å². The number of hydrogen-bond acceptors (Lipinski definition) is 3. The number of benzene rings is 1. The first-order valence-electron chi connectivity index (χ1n) is 7.35. The number of carboxylic acid groups (broad SMARTS) is 1. The van der Waals surface area contributed by atoms with E-state index in [-0.39, 0.29) is 12.2 Å². The van der Waals surface area contributed by atoms with Crippen LogP contribution >= 0.6 is 0 Å². The molecule has 1 aromatic rings. The van der Waals surface area contributed by atoms with E-state index >= 15 is 0 Å². The molecule has 2 N–H and O–H groups in total. The van der Waals surface area contributed by atoms with Crippen molar-refractivity contribution in [3.8, 4) is 17.6 Å². The number of carbonyl (C=O) groups is 1. The largest absolute Gasteiger partial charge is 0.492 e. The van der Waals surface area contributed by atoms with Crippen LogP contribution in [0.3, 0.4) is 0 Å². The summed E-state index contributed by atoms with van der Waals surface area (Å²) in [5.41, 5.74) is 1.86. The predicted octanol–water partition coefficient (Wildman–Crippen LogP) is 2.61. The van der Waals surface area contributed by atoms with Gasteiger partial charge in [-0.25, -0.2) is 4.79 Å². The van der Waals surface area contributed by atoms with Crippen LogP contribution in [0.4, 0.5) is 0 Å². The van der Waals surface area contributed by atoms with Gasteiger partial charge in [0, 0.05) is 18.6 Å². The summed E-state index contributed by atoms with van der Waals surface area (Å²) < 4.78 is 5.60. The second-order valence-electron chi connectivity index (χ2n) is 5.11. The summed E-state index contributed by atoms with van der Waals surface area (Å²) >= 11 is 0. The van der Waals surface area contributed by atoms with Crippen LogP contribution in [0.25, 0.3) is 0 Å². The van der Waals surface area contributed by atoms with Gasteiger partial charge in [-0.2, -0.15) is 0 Å². The van der Waals surface area contributed by atoms with E-state index in [4.69, 9.17) is 9.84 Å². The third-order valence-electron chi connectivity index (χ3n) is 3.43. The third kappa shape index (κ3) is 4.24. The molecule has 0 radical (unpaired) electrons. The van der Waals surface area contributed by atoms with Crippen molar-refractivity contribution in [2.45, 2.75) is 38.5 Å². The summed E-state index contributed by atoms with van der Waals surface area (Å²) in [7, 11) is 0. The lowest BCUT2D eigenvalue weighted by Crippen LogP contribution is -2.05. The lowest BCUT2D eigenvalue weighted by Gasteiger charge is -2.11. The molecule has 0 aromatic heterocycles. The van der Waals surface area contributed by atoms with E-state index in [0.717, 1.165) is 43.2 Å². The Kier molecular flexibility index (Phi) is 5.65. The number of aliphatic hydroxyl groups is 1. The lowest BCUT2D eigenvalue weighted by atomic mass is 10.0. The highest BCUT2D eigenvalue weighted by atomic mass is 16.5. The average Bonchev–Trinajstić information content (AvgIpc) is 2.71. The van der Waals surface area contributed by atoms with Gasteiger partial charge >= 0.3 is 5.97 Å². The minimum atomic E-state index is -0.975. The van der Waals surface area contributed by atoms with Crippen molar-refractivity contribution in [2.24, 2.45) is 0 Å². The number of ether oxygens (including phenoxy) is 1. The molecule has 1 aliphatic rings. The predicted molar refractivity (Wildman–Crippen MR) is 79.6 cm³/mol. The number of rotatable bonds is 4. The van der Waals surface area contributed by atoms with Crippen LogP contribution in [0.2, 0.25) is 0 Å². The molecule has 0 unspecified atom stereocenters. The van der Waals surface area contributed by atoms with E-state index in [2.05, 4.69) is 11.8 Å². The fraction of sp³-hybridized carbons (Fsp3) is 0.471. The van der Waals surface area contributed by atoms with Crippen LogP contribution in [0.5, 0.6) is 5.75 Å². The zero-order valence-electron chi connectivity index (χ0n) is 12.0. The number of carboxylic acids is 1. The van der Waals surface area contributed by atoms with Crippen LogP contribution in [0, 0.1) is 11.8 Å². The van der Waals surface area contributed by atoms with Crippen molar-refractivity contribution in [2.75, 3.05) is 13.2 Å². The molecule has 2 rings (SSSR count). The Bertz CT molecular complexity index is 566. The molecule has 0 atom stereocenters. The number of unbranched alkanes of at least 4 members (excludes halogenated alkanes) is 2. The van der Waals surface area contributed by atoms with Gasteiger partial charge in [-0.15, -0.1) is 0 Å². The van der Waals surface area contributed by atoms with Crippen LogP contribution in [-0.2, 0) is 6.42 Å². The molecule has 4 nitrogen and oxygen atoms in total. The summed E-state index contributed by atoms with van der Waals surface area (Å²) in [6.45, 7) is 0.750. The highest BCUT2D eigenvalue weighted by Gasteiger charge is 2.19. The van der Waals surface area contributed by atoms with E-state index < -0.39 is 5.97 Å². The highest BCUT2D eigenvalue weighted by Crippen LogP contribution is 2.30. The molecule has 0 saturated carbocycles. The van der Waals surface area contributed by atoms with Crippen LogP contribution in [-0.4, -0.2) is 29.4 Å². The van der Waals surface area contributed by atoms with E-state index in [0.29, 0.717) is 18.8 Å². The zero-order valence-corrected chi connectivity index (χ0v) is 12.0. The van der Waals surface area contributed by atoms with Crippen molar-refractivity contribution in [1.82, 2.24) is 0 Å². The first-order chi connectivity index (χ1) is 10.2.